The third-order valence-electron chi connectivity index (χ3n) is 3.25. The molecule has 5 nitrogen and oxygen atoms in total. The topological polar surface area (TPSA) is 87.0 Å². The first-order valence-corrected chi connectivity index (χ1v) is 6.06. The van der Waals surface area contributed by atoms with E-state index in [4.69, 9.17) is 4.74 Å². The number of ether oxygens (including phenoxy) is 1. The average Bonchev–Trinajstić information content (AvgIpc) is 2.38. The van der Waals surface area contributed by atoms with Crippen molar-refractivity contribution in [3.05, 3.63) is 53.6 Å². The molecule has 0 aromatic heterocycles. The van der Waals surface area contributed by atoms with Gasteiger partial charge in [0.25, 0.3) is 0 Å². The molecule has 1 atom stereocenters. The zero-order valence-electron chi connectivity index (χ0n) is 10.4. The summed E-state index contributed by atoms with van der Waals surface area (Å²) < 4.78 is 5.45. The molecule has 1 heterocycles. The highest BCUT2D eigenvalue weighted by Gasteiger charge is 2.41. The Balaban J connectivity index is 2.11. The number of carbonyl (C=O) groups is 1. The van der Waals surface area contributed by atoms with Crippen LogP contribution in [0.4, 0.5) is 0 Å². The van der Waals surface area contributed by atoms with Gasteiger partial charge in [0.15, 0.2) is 5.78 Å². The molecule has 0 amide bonds. The van der Waals surface area contributed by atoms with E-state index in [2.05, 4.69) is 0 Å². The Bertz CT molecular complexity index is 680. The summed E-state index contributed by atoms with van der Waals surface area (Å²) in [5.74, 6) is -2.89. The minimum absolute atomic E-state index is 0.0246. The fourth-order valence-corrected chi connectivity index (χ4v) is 2.33. The van der Waals surface area contributed by atoms with E-state index in [0.717, 1.165) is 6.07 Å². The number of hydrogen-bond donors (Lipinski definition) is 3. The number of fused-ring (bicyclic) bond motifs is 1. The summed E-state index contributed by atoms with van der Waals surface area (Å²) in [6.45, 7) is 0. The van der Waals surface area contributed by atoms with Crippen LogP contribution in [0.25, 0.3) is 0 Å². The van der Waals surface area contributed by atoms with E-state index in [0.29, 0.717) is 5.56 Å². The minimum Gasteiger partial charge on any atom is -0.508 e. The molecular weight excluding hydrogens is 260 g/mol. The molecule has 0 aliphatic carbocycles. The standard InChI is InChI=1S/C15H12O5/c16-10-6-11(17)14-12(18)8-15(19,20-13(14)7-10)9-4-2-1-3-5-9/h1-7,16-17,19H,8H2. The summed E-state index contributed by atoms with van der Waals surface area (Å²) in [5, 5.41) is 29.7. The molecule has 3 N–H and O–H groups in total. The van der Waals surface area contributed by atoms with Gasteiger partial charge in [-0.2, -0.15) is 0 Å². The van der Waals surface area contributed by atoms with E-state index in [-0.39, 0.29) is 29.2 Å². The van der Waals surface area contributed by atoms with Crippen molar-refractivity contribution in [2.75, 3.05) is 0 Å². The van der Waals surface area contributed by atoms with Gasteiger partial charge in [0, 0.05) is 17.7 Å². The third kappa shape index (κ3) is 1.88. The lowest BCUT2D eigenvalue weighted by Gasteiger charge is -2.33. The summed E-state index contributed by atoms with van der Waals surface area (Å²) in [7, 11) is 0. The molecule has 0 saturated carbocycles. The maximum Gasteiger partial charge on any atom is 0.242 e. The first-order valence-electron chi connectivity index (χ1n) is 6.06. The second kappa shape index (κ2) is 4.25. The largest absolute Gasteiger partial charge is 0.508 e. The molecule has 1 aliphatic rings. The van der Waals surface area contributed by atoms with Crippen molar-refractivity contribution >= 4 is 5.78 Å². The molecule has 5 heteroatoms. The molecule has 2 aromatic rings. The molecule has 0 fully saturated rings. The maximum absolute atomic E-state index is 12.1. The lowest BCUT2D eigenvalue weighted by Crippen LogP contribution is -2.39. The highest BCUT2D eigenvalue weighted by Crippen LogP contribution is 2.43. The summed E-state index contributed by atoms with van der Waals surface area (Å²) in [6, 6.07) is 10.8. The molecule has 0 spiro atoms. The predicted octanol–water partition coefficient (Wildman–Crippen LogP) is 1.91. The van der Waals surface area contributed by atoms with Crippen molar-refractivity contribution in [3.63, 3.8) is 0 Å². The molecule has 1 aliphatic heterocycles. The van der Waals surface area contributed by atoms with Gasteiger partial charge in [-0.25, -0.2) is 0 Å². The first kappa shape index (κ1) is 12.5. The monoisotopic (exact) mass is 272 g/mol. The molecule has 20 heavy (non-hydrogen) atoms. The van der Waals surface area contributed by atoms with E-state index in [1.807, 2.05) is 0 Å². The Morgan fingerprint density at radius 2 is 1.80 bits per heavy atom. The number of carbonyl (C=O) groups excluding carboxylic acids is 1. The zero-order chi connectivity index (χ0) is 14.3. The molecule has 0 saturated heterocycles. The van der Waals surface area contributed by atoms with E-state index in [1.54, 1.807) is 30.3 Å². The first-order chi connectivity index (χ1) is 9.49. The van der Waals surface area contributed by atoms with Crippen LogP contribution in [-0.4, -0.2) is 21.1 Å². The Kier molecular flexibility index (Phi) is 2.65. The van der Waals surface area contributed by atoms with Crippen LogP contribution >= 0.6 is 0 Å². The molecule has 0 radical (unpaired) electrons. The average molecular weight is 272 g/mol. The van der Waals surface area contributed by atoms with Crippen molar-refractivity contribution < 1.29 is 24.9 Å². The lowest BCUT2D eigenvalue weighted by atomic mass is 9.92. The van der Waals surface area contributed by atoms with Gasteiger partial charge in [-0.05, 0) is 0 Å². The van der Waals surface area contributed by atoms with Crippen LogP contribution in [0.1, 0.15) is 22.3 Å². The van der Waals surface area contributed by atoms with E-state index in [9.17, 15) is 20.1 Å². The summed E-state index contributed by atoms with van der Waals surface area (Å²) in [6.07, 6.45) is -0.303. The van der Waals surface area contributed by atoms with E-state index < -0.39 is 11.6 Å². The van der Waals surface area contributed by atoms with Gasteiger partial charge in [0.05, 0.1) is 6.42 Å². The second-order valence-corrected chi connectivity index (χ2v) is 4.69. The normalized spacial score (nSPS) is 21.1. The van der Waals surface area contributed by atoms with Crippen LogP contribution in [0.15, 0.2) is 42.5 Å². The highest BCUT2D eigenvalue weighted by molar-refractivity contribution is 6.03. The highest BCUT2D eigenvalue weighted by atomic mass is 16.6. The smallest absolute Gasteiger partial charge is 0.242 e. The fraction of sp³-hybridized carbons (Fsp3) is 0.133. The Hall–Kier alpha value is -2.53. The minimum atomic E-state index is -1.80. The van der Waals surface area contributed by atoms with Crippen LogP contribution in [0.3, 0.4) is 0 Å². The van der Waals surface area contributed by atoms with Gasteiger partial charge >= 0.3 is 0 Å². The number of phenols is 2. The zero-order valence-corrected chi connectivity index (χ0v) is 10.4. The number of ketones is 1. The van der Waals surface area contributed by atoms with Crippen molar-refractivity contribution in [2.24, 2.45) is 0 Å². The van der Waals surface area contributed by atoms with E-state index in [1.165, 1.54) is 6.07 Å². The third-order valence-corrected chi connectivity index (χ3v) is 3.25. The molecule has 0 bridgehead atoms. The number of aliphatic hydroxyl groups is 1. The summed E-state index contributed by atoms with van der Waals surface area (Å²) in [4.78, 5) is 12.1. The number of Topliss-reactive ketones (excluding diaryl/α,β-unsaturated/α-hetero) is 1. The van der Waals surface area contributed by atoms with Gasteiger partial charge < -0.3 is 20.1 Å². The Labute approximate surface area is 114 Å². The van der Waals surface area contributed by atoms with Crippen LogP contribution in [0.2, 0.25) is 0 Å². The van der Waals surface area contributed by atoms with Gasteiger partial charge in [-0.1, -0.05) is 30.3 Å². The number of aromatic hydroxyl groups is 2. The van der Waals surface area contributed by atoms with Crippen molar-refractivity contribution in [1.29, 1.82) is 0 Å². The van der Waals surface area contributed by atoms with Crippen molar-refractivity contribution in [2.45, 2.75) is 12.2 Å². The lowest BCUT2D eigenvalue weighted by molar-refractivity contribution is -0.147. The number of benzene rings is 2. The summed E-state index contributed by atoms with van der Waals surface area (Å²) in [5.41, 5.74) is 0.408. The maximum atomic E-state index is 12.1. The van der Waals surface area contributed by atoms with E-state index >= 15 is 0 Å². The molecule has 2 aromatic carbocycles. The van der Waals surface area contributed by atoms with Gasteiger partial charge in [-0.15, -0.1) is 0 Å². The number of rotatable bonds is 1. The van der Waals surface area contributed by atoms with Crippen molar-refractivity contribution in [1.82, 2.24) is 0 Å². The van der Waals surface area contributed by atoms with Crippen LogP contribution < -0.4 is 4.74 Å². The molecular formula is C15H12O5. The van der Waals surface area contributed by atoms with Crippen molar-refractivity contribution in [3.8, 4) is 17.2 Å². The second-order valence-electron chi connectivity index (χ2n) is 4.69. The molecule has 102 valence electrons. The molecule has 1 unspecified atom stereocenters. The Morgan fingerprint density at radius 3 is 2.50 bits per heavy atom. The van der Waals surface area contributed by atoms with Gasteiger partial charge in [-0.3, -0.25) is 4.79 Å². The fourth-order valence-electron chi connectivity index (χ4n) is 2.33. The number of hydrogen-bond acceptors (Lipinski definition) is 5. The number of phenolic OH excluding ortho intramolecular Hbond substituents is 2. The van der Waals surface area contributed by atoms with Gasteiger partial charge in [0.1, 0.15) is 22.8 Å². The van der Waals surface area contributed by atoms with Gasteiger partial charge in [0.2, 0.25) is 5.79 Å². The quantitative estimate of drug-likeness (QED) is 0.738. The Morgan fingerprint density at radius 1 is 1.10 bits per heavy atom. The van der Waals surface area contributed by atoms with Crippen LogP contribution in [-0.2, 0) is 5.79 Å². The molecule has 3 rings (SSSR count). The van der Waals surface area contributed by atoms with Crippen LogP contribution in [0, 0.1) is 0 Å². The van der Waals surface area contributed by atoms with Crippen LogP contribution in [0.5, 0.6) is 17.2 Å². The summed E-state index contributed by atoms with van der Waals surface area (Å²) >= 11 is 0. The predicted molar refractivity (Wildman–Crippen MR) is 69.7 cm³/mol. The SMILES string of the molecule is O=C1CC(O)(c2ccccc2)Oc2cc(O)cc(O)c21.